The van der Waals surface area contributed by atoms with Crippen molar-refractivity contribution in [2.45, 2.75) is 13.5 Å². The Morgan fingerprint density at radius 1 is 1.33 bits per heavy atom. The summed E-state index contributed by atoms with van der Waals surface area (Å²) in [5, 5.41) is 18.8. The van der Waals surface area contributed by atoms with Crippen molar-refractivity contribution in [2.24, 2.45) is 0 Å². The van der Waals surface area contributed by atoms with Crippen molar-refractivity contribution in [3.8, 4) is 5.75 Å². The molecule has 2 N–H and O–H groups in total. The zero-order valence-electron chi connectivity index (χ0n) is 6.43. The van der Waals surface area contributed by atoms with Crippen molar-refractivity contribution < 1.29 is 10.2 Å². The summed E-state index contributed by atoms with van der Waals surface area (Å²) in [4.78, 5) is 0. The normalized spacial score (nSPS) is 10.3. The van der Waals surface area contributed by atoms with E-state index in [4.69, 9.17) is 28.3 Å². The molecule has 0 atom stereocenters. The lowest BCUT2D eigenvalue weighted by Crippen LogP contribution is -1.91. The first-order chi connectivity index (χ1) is 5.57. The monoisotopic (exact) mass is 206 g/mol. The fourth-order valence-electron chi connectivity index (χ4n) is 0.947. The lowest BCUT2D eigenvalue weighted by molar-refractivity contribution is 0.274. The number of halogens is 2. The molecule has 0 radical (unpaired) electrons. The van der Waals surface area contributed by atoms with Crippen molar-refractivity contribution in [1.82, 2.24) is 0 Å². The second-order valence-corrected chi connectivity index (χ2v) is 3.26. The number of aliphatic hydroxyl groups is 1. The summed E-state index contributed by atoms with van der Waals surface area (Å²) >= 11 is 11.4. The maximum Gasteiger partial charge on any atom is 0.140 e. The van der Waals surface area contributed by atoms with Gasteiger partial charge in [0.15, 0.2) is 0 Å². The molecule has 0 amide bonds. The summed E-state index contributed by atoms with van der Waals surface area (Å²) < 4.78 is 0. The van der Waals surface area contributed by atoms with Crippen molar-refractivity contribution in [3.63, 3.8) is 0 Å². The first-order valence-electron chi connectivity index (χ1n) is 3.35. The number of hydrogen-bond donors (Lipinski definition) is 2. The molecular formula is C8H8Cl2O2. The van der Waals surface area contributed by atoms with Crippen LogP contribution in [-0.2, 0) is 6.61 Å². The number of hydrogen-bond acceptors (Lipinski definition) is 2. The van der Waals surface area contributed by atoms with Crippen LogP contribution < -0.4 is 0 Å². The lowest BCUT2D eigenvalue weighted by atomic mass is 10.1. The van der Waals surface area contributed by atoms with E-state index in [1.807, 2.05) is 0 Å². The predicted molar refractivity (Wildman–Crippen MR) is 48.8 cm³/mol. The summed E-state index contributed by atoms with van der Waals surface area (Å²) in [6.45, 7) is 1.45. The Morgan fingerprint density at radius 3 is 2.42 bits per heavy atom. The molecular weight excluding hydrogens is 199 g/mol. The molecule has 0 aliphatic heterocycles. The fraction of sp³-hybridized carbons (Fsp3) is 0.250. The summed E-state index contributed by atoms with van der Waals surface area (Å²) in [6, 6.07) is 1.45. The molecule has 4 heteroatoms. The number of aromatic hydroxyl groups is 1. The average molecular weight is 207 g/mol. The third-order valence-electron chi connectivity index (χ3n) is 1.73. The van der Waals surface area contributed by atoms with Gasteiger partial charge in [-0.2, -0.15) is 0 Å². The van der Waals surface area contributed by atoms with Gasteiger partial charge in [0.2, 0.25) is 0 Å². The molecule has 0 spiro atoms. The zero-order chi connectivity index (χ0) is 9.30. The van der Waals surface area contributed by atoms with Crippen LogP contribution in [0.15, 0.2) is 6.07 Å². The van der Waals surface area contributed by atoms with E-state index >= 15 is 0 Å². The quantitative estimate of drug-likeness (QED) is 0.742. The standard InChI is InChI=1S/C8H8Cl2O2/c1-4-5(3-11)8(12)7(10)2-6(4)9/h2,11-12H,3H2,1H3. The number of rotatable bonds is 1. The van der Waals surface area contributed by atoms with Crippen LogP contribution in [0.4, 0.5) is 0 Å². The van der Waals surface area contributed by atoms with E-state index < -0.39 is 0 Å². The van der Waals surface area contributed by atoms with E-state index in [-0.39, 0.29) is 17.4 Å². The number of benzene rings is 1. The Labute approximate surface area is 80.4 Å². The van der Waals surface area contributed by atoms with E-state index in [1.165, 1.54) is 6.07 Å². The van der Waals surface area contributed by atoms with Crippen LogP contribution in [-0.4, -0.2) is 10.2 Å². The molecule has 0 aliphatic carbocycles. The van der Waals surface area contributed by atoms with Gasteiger partial charge in [0.05, 0.1) is 11.6 Å². The molecule has 0 saturated heterocycles. The van der Waals surface area contributed by atoms with Crippen LogP contribution >= 0.6 is 23.2 Å². The third-order valence-corrected chi connectivity index (χ3v) is 2.42. The lowest BCUT2D eigenvalue weighted by Gasteiger charge is -2.08. The molecule has 0 saturated carbocycles. The van der Waals surface area contributed by atoms with E-state index in [2.05, 4.69) is 0 Å². The summed E-state index contributed by atoms with van der Waals surface area (Å²) in [6.07, 6.45) is 0. The Hall–Kier alpha value is -0.440. The minimum Gasteiger partial charge on any atom is -0.506 e. The molecule has 12 heavy (non-hydrogen) atoms. The van der Waals surface area contributed by atoms with Gasteiger partial charge >= 0.3 is 0 Å². The smallest absolute Gasteiger partial charge is 0.140 e. The highest BCUT2D eigenvalue weighted by atomic mass is 35.5. The highest BCUT2D eigenvalue weighted by molar-refractivity contribution is 6.36. The van der Waals surface area contributed by atoms with Gasteiger partial charge in [-0.15, -0.1) is 0 Å². The van der Waals surface area contributed by atoms with Crippen LogP contribution in [0.2, 0.25) is 10.0 Å². The van der Waals surface area contributed by atoms with Gasteiger partial charge in [-0.3, -0.25) is 0 Å². The molecule has 1 aromatic carbocycles. The molecule has 0 heterocycles. The molecule has 0 aliphatic rings. The van der Waals surface area contributed by atoms with Gasteiger partial charge in [0.1, 0.15) is 5.75 Å². The van der Waals surface area contributed by atoms with Gasteiger partial charge in [0, 0.05) is 10.6 Å². The number of aliphatic hydroxyl groups excluding tert-OH is 1. The van der Waals surface area contributed by atoms with E-state index in [0.29, 0.717) is 16.1 Å². The Kier molecular flexibility index (Phi) is 2.83. The second-order valence-electron chi connectivity index (χ2n) is 2.45. The van der Waals surface area contributed by atoms with Crippen LogP contribution in [0.5, 0.6) is 5.75 Å². The highest BCUT2D eigenvalue weighted by Crippen LogP contribution is 2.34. The van der Waals surface area contributed by atoms with Crippen molar-refractivity contribution >= 4 is 23.2 Å². The Morgan fingerprint density at radius 2 is 1.92 bits per heavy atom. The predicted octanol–water partition coefficient (Wildman–Crippen LogP) is 2.50. The third kappa shape index (κ3) is 1.51. The topological polar surface area (TPSA) is 40.5 Å². The maximum absolute atomic E-state index is 9.35. The maximum atomic E-state index is 9.35. The van der Waals surface area contributed by atoms with E-state index in [0.717, 1.165) is 0 Å². The molecule has 1 aromatic rings. The molecule has 1 rings (SSSR count). The van der Waals surface area contributed by atoms with E-state index in [9.17, 15) is 5.11 Å². The molecule has 0 unspecified atom stereocenters. The average Bonchev–Trinajstić information content (AvgIpc) is 2.02. The van der Waals surface area contributed by atoms with Crippen LogP contribution in [0.25, 0.3) is 0 Å². The Balaban J connectivity index is 3.42. The van der Waals surface area contributed by atoms with Crippen LogP contribution in [0.3, 0.4) is 0 Å². The minimum absolute atomic E-state index is 0.0962. The zero-order valence-corrected chi connectivity index (χ0v) is 7.95. The van der Waals surface area contributed by atoms with Gasteiger partial charge in [0.25, 0.3) is 0 Å². The molecule has 66 valence electrons. The van der Waals surface area contributed by atoms with Crippen molar-refractivity contribution in [1.29, 1.82) is 0 Å². The molecule has 2 nitrogen and oxygen atoms in total. The van der Waals surface area contributed by atoms with Crippen molar-refractivity contribution in [3.05, 3.63) is 27.2 Å². The van der Waals surface area contributed by atoms with Gasteiger partial charge in [-0.05, 0) is 18.6 Å². The minimum atomic E-state index is -0.266. The van der Waals surface area contributed by atoms with Gasteiger partial charge in [-0.25, -0.2) is 0 Å². The molecule has 0 fully saturated rings. The van der Waals surface area contributed by atoms with Gasteiger partial charge < -0.3 is 10.2 Å². The fourth-order valence-corrected chi connectivity index (χ4v) is 1.45. The highest BCUT2D eigenvalue weighted by Gasteiger charge is 2.11. The second kappa shape index (κ2) is 3.52. The van der Waals surface area contributed by atoms with E-state index in [1.54, 1.807) is 6.92 Å². The molecule has 0 aromatic heterocycles. The largest absolute Gasteiger partial charge is 0.506 e. The Bertz CT molecular complexity index is 284. The summed E-state index contributed by atoms with van der Waals surface area (Å²) in [5.74, 6) is -0.0962. The van der Waals surface area contributed by atoms with Crippen LogP contribution in [0, 0.1) is 6.92 Å². The summed E-state index contributed by atoms with van der Waals surface area (Å²) in [7, 11) is 0. The first-order valence-corrected chi connectivity index (χ1v) is 4.10. The summed E-state index contributed by atoms with van der Waals surface area (Å²) in [5.41, 5.74) is 1.04. The number of phenols is 1. The first kappa shape index (κ1) is 9.65. The van der Waals surface area contributed by atoms with Crippen molar-refractivity contribution in [2.75, 3.05) is 0 Å². The molecule has 0 bridgehead atoms. The van der Waals surface area contributed by atoms with Gasteiger partial charge in [-0.1, -0.05) is 23.2 Å². The SMILES string of the molecule is Cc1c(Cl)cc(Cl)c(O)c1CO. The van der Waals surface area contributed by atoms with Crippen LogP contribution in [0.1, 0.15) is 11.1 Å².